The van der Waals surface area contributed by atoms with Gasteiger partial charge in [-0.2, -0.15) is 0 Å². The molecule has 4 nitrogen and oxygen atoms in total. The lowest BCUT2D eigenvalue weighted by atomic mass is 9.97. The minimum Gasteiger partial charge on any atom is -0.450 e. The molecule has 1 aromatic carbocycles. The molecule has 1 unspecified atom stereocenters. The third-order valence-electron chi connectivity index (χ3n) is 3.93. The SMILES string of the molecule is CC(CO)(NC(=O)c1cc2cccc(Br)c2o1)C1CC1. The molecular formula is C15H16BrNO3. The van der Waals surface area contributed by atoms with Gasteiger partial charge in [0.15, 0.2) is 5.76 Å². The van der Waals surface area contributed by atoms with Gasteiger partial charge in [0.1, 0.15) is 5.58 Å². The Bertz CT molecular complexity index is 662. The first-order chi connectivity index (χ1) is 9.53. The molecule has 0 radical (unpaired) electrons. The topological polar surface area (TPSA) is 62.5 Å². The van der Waals surface area contributed by atoms with E-state index in [-0.39, 0.29) is 18.3 Å². The van der Waals surface area contributed by atoms with E-state index < -0.39 is 5.54 Å². The van der Waals surface area contributed by atoms with Gasteiger partial charge >= 0.3 is 0 Å². The van der Waals surface area contributed by atoms with E-state index in [0.717, 1.165) is 22.7 Å². The lowest BCUT2D eigenvalue weighted by Crippen LogP contribution is -2.50. The van der Waals surface area contributed by atoms with Gasteiger partial charge < -0.3 is 14.8 Å². The van der Waals surface area contributed by atoms with Crippen LogP contribution < -0.4 is 5.32 Å². The van der Waals surface area contributed by atoms with Crippen LogP contribution in [0.5, 0.6) is 0 Å². The van der Waals surface area contributed by atoms with Crippen LogP contribution in [0.4, 0.5) is 0 Å². The van der Waals surface area contributed by atoms with Crippen LogP contribution in [0.3, 0.4) is 0 Å². The number of nitrogens with one attached hydrogen (secondary N) is 1. The number of carbonyl (C=O) groups excluding carboxylic acids is 1. The highest BCUT2D eigenvalue weighted by Crippen LogP contribution is 2.39. The standard InChI is InChI=1S/C15H16BrNO3/c1-15(8-18,10-5-6-10)17-14(19)12-7-9-3-2-4-11(16)13(9)20-12/h2-4,7,10,18H,5-6,8H2,1H3,(H,17,19). The Balaban J connectivity index is 1.87. The van der Waals surface area contributed by atoms with Gasteiger partial charge in [0.05, 0.1) is 16.6 Å². The largest absolute Gasteiger partial charge is 0.450 e. The van der Waals surface area contributed by atoms with E-state index >= 15 is 0 Å². The van der Waals surface area contributed by atoms with E-state index in [1.165, 1.54) is 0 Å². The van der Waals surface area contributed by atoms with Crippen molar-refractivity contribution in [2.45, 2.75) is 25.3 Å². The lowest BCUT2D eigenvalue weighted by Gasteiger charge is -2.28. The van der Waals surface area contributed by atoms with Gasteiger partial charge in [0, 0.05) is 5.39 Å². The molecule has 1 aliphatic carbocycles. The van der Waals surface area contributed by atoms with Gasteiger partial charge in [0.25, 0.3) is 5.91 Å². The number of hydrogen-bond acceptors (Lipinski definition) is 3. The quantitative estimate of drug-likeness (QED) is 0.901. The van der Waals surface area contributed by atoms with E-state index in [9.17, 15) is 9.90 Å². The highest BCUT2D eigenvalue weighted by molar-refractivity contribution is 9.10. The van der Waals surface area contributed by atoms with E-state index in [2.05, 4.69) is 21.2 Å². The molecule has 106 valence electrons. The van der Waals surface area contributed by atoms with Crippen LogP contribution in [0.1, 0.15) is 30.3 Å². The third-order valence-corrected chi connectivity index (χ3v) is 4.55. The monoisotopic (exact) mass is 337 g/mol. The zero-order valence-corrected chi connectivity index (χ0v) is 12.7. The van der Waals surface area contributed by atoms with Crippen LogP contribution in [0.2, 0.25) is 0 Å². The van der Waals surface area contributed by atoms with Crippen molar-refractivity contribution in [3.63, 3.8) is 0 Å². The van der Waals surface area contributed by atoms with Gasteiger partial charge in [-0.25, -0.2) is 0 Å². The Labute approximate surface area is 125 Å². The van der Waals surface area contributed by atoms with Gasteiger partial charge in [-0.1, -0.05) is 12.1 Å². The minimum absolute atomic E-state index is 0.0622. The van der Waals surface area contributed by atoms with Gasteiger partial charge in [-0.3, -0.25) is 4.79 Å². The molecule has 1 fully saturated rings. The highest BCUT2D eigenvalue weighted by Gasteiger charge is 2.42. The number of halogens is 1. The first-order valence-electron chi connectivity index (χ1n) is 6.65. The van der Waals surface area contributed by atoms with Crippen LogP contribution >= 0.6 is 15.9 Å². The normalized spacial score (nSPS) is 17.9. The second-order valence-corrected chi connectivity index (χ2v) is 6.43. The maximum absolute atomic E-state index is 12.3. The molecule has 0 spiro atoms. The zero-order chi connectivity index (χ0) is 14.3. The Morgan fingerprint density at radius 2 is 2.30 bits per heavy atom. The Morgan fingerprint density at radius 3 is 2.90 bits per heavy atom. The van der Waals surface area contributed by atoms with Crippen LogP contribution in [-0.4, -0.2) is 23.2 Å². The van der Waals surface area contributed by atoms with Gasteiger partial charge in [-0.05, 0) is 53.7 Å². The summed E-state index contributed by atoms with van der Waals surface area (Å²) in [6, 6.07) is 7.38. The molecule has 1 aromatic heterocycles. The van der Waals surface area contributed by atoms with E-state index in [0.29, 0.717) is 11.5 Å². The van der Waals surface area contributed by atoms with Gasteiger partial charge in [-0.15, -0.1) is 0 Å². The van der Waals surface area contributed by atoms with Crippen molar-refractivity contribution in [1.82, 2.24) is 5.32 Å². The summed E-state index contributed by atoms with van der Waals surface area (Å²) in [4.78, 5) is 12.3. The summed E-state index contributed by atoms with van der Waals surface area (Å²) in [7, 11) is 0. The number of furan rings is 1. The molecule has 1 heterocycles. The van der Waals surface area contributed by atoms with Crippen molar-refractivity contribution < 1.29 is 14.3 Å². The Kier molecular flexibility index (Phi) is 3.34. The average Bonchev–Trinajstić information content (AvgIpc) is 3.19. The molecule has 0 saturated heterocycles. The van der Waals surface area contributed by atoms with Crippen LogP contribution in [0, 0.1) is 5.92 Å². The number of aliphatic hydroxyl groups excluding tert-OH is 1. The van der Waals surface area contributed by atoms with Crippen molar-refractivity contribution in [2.75, 3.05) is 6.61 Å². The smallest absolute Gasteiger partial charge is 0.287 e. The highest BCUT2D eigenvalue weighted by atomic mass is 79.9. The second-order valence-electron chi connectivity index (χ2n) is 5.57. The summed E-state index contributed by atoms with van der Waals surface area (Å²) in [5.74, 6) is 0.344. The van der Waals surface area contributed by atoms with Crippen LogP contribution in [0.15, 0.2) is 33.2 Å². The number of para-hydroxylation sites is 1. The minimum atomic E-state index is -0.562. The number of rotatable bonds is 4. The van der Waals surface area contributed by atoms with Crippen LogP contribution in [0.25, 0.3) is 11.0 Å². The number of amides is 1. The summed E-state index contributed by atoms with van der Waals surface area (Å²) in [5, 5.41) is 13.3. The van der Waals surface area contributed by atoms with Crippen molar-refractivity contribution in [2.24, 2.45) is 5.92 Å². The average molecular weight is 338 g/mol. The predicted octanol–water partition coefficient (Wildman–Crippen LogP) is 3.09. The Hall–Kier alpha value is -1.33. The second kappa shape index (κ2) is 4.90. The summed E-state index contributed by atoms with van der Waals surface area (Å²) < 4.78 is 6.43. The van der Waals surface area contributed by atoms with Crippen molar-refractivity contribution in [1.29, 1.82) is 0 Å². The van der Waals surface area contributed by atoms with Crippen molar-refractivity contribution in [3.8, 4) is 0 Å². The first-order valence-corrected chi connectivity index (χ1v) is 7.44. The molecule has 0 bridgehead atoms. The Morgan fingerprint density at radius 1 is 1.55 bits per heavy atom. The molecule has 1 amide bonds. The summed E-state index contributed by atoms with van der Waals surface area (Å²) in [6.45, 7) is 1.81. The van der Waals surface area contributed by atoms with Crippen LogP contribution in [-0.2, 0) is 0 Å². The summed E-state index contributed by atoms with van der Waals surface area (Å²) in [5.41, 5.74) is 0.0996. The van der Waals surface area contributed by atoms with Crippen molar-refractivity contribution >= 4 is 32.8 Å². The lowest BCUT2D eigenvalue weighted by molar-refractivity contribution is 0.0799. The maximum atomic E-state index is 12.3. The van der Waals surface area contributed by atoms with E-state index in [1.54, 1.807) is 6.07 Å². The molecule has 5 heteroatoms. The number of carbonyl (C=O) groups is 1. The zero-order valence-electron chi connectivity index (χ0n) is 11.1. The fourth-order valence-electron chi connectivity index (χ4n) is 2.45. The van der Waals surface area contributed by atoms with E-state index in [4.69, 9.17) is 4.42 Å². The molecule has 1 aliphatic rings. The molecule has 1 saturated carbocycles. The molecule has 2 N–H and O–H groups in total. The molecule has 3 rings (SSSR count). The van der Waals surface area contributed by atoms with E-state index in [1.807, 2.05) is 25.1 Å². The molecule has 0 aliphatic heterocycles. The number of benzene rings is 1. The summed E-state index contributed by atoms with van der Waals surface area (Å²) in [6.07, 6.45) is 2.09. The third kappa shape index (κ3) is 2.36. The van der Waals surface area contributed by atoms with Crippen molar-refractivity contribution in [3.05, 3.63) is 34.5 Å². The fourth-order valence-corrected chi connectivity index (χ4v) is 2.91. The summed E-state index contributed by atoms with van der Waals surface area (Å²) >= 11 is 3.40. The maximum Gasteiger partial charge on any atom is 0.287 e. The molecular weight excluding hydrogens is 322 g/mol. The number of fused-ring (bicyclic) bond motifs is 1. The molecule has 2 aromatic rings. The fraction of sp³-hybridized carbons (Fsp3) is 0.400. The predicted molar refractivity (Wildman–Crippen MR) is 79.6 cm³/mol. The molecule has 20 heavy (non-hydrogen) atoms. The number of hydrogen-bond donors (Lipinski definition) is 2. The van der Waals surface area contributed by atoms with Gasteiger partial charge in [0.2, 0.25) is 0 Å². The first kappa shape index (κ1) is 13.6. The number of aliphatic hydroxyl groups is 1. The molecule has 1 atom stereocenters.